The molecule has 154 valence electrons. The van der Waals surface area contributed by atoms with Gasteiger partial charge in [0.15, 0.2) is 5.69 Å². The topological polar surface area (TPSA) is 141 Å². The van der Waals surface area contributed by atoms with Gasteiger partial charge in [-0.05, 0) is 41.8 Å². The van der Waals surface area contributed by atoms with Crippen molar-refractivity contribution in [3.05, 3.63) is 65.7 Å². The Morgan fingerprint density at radius 3 is 2.40 bits per heavy atom. The average Bonchev–Trinajstić information content (AvgIpc) is 3.36. The lowest BCUT2D eigenvalue weighted by Crippen LogP contribution is -2.10. The summed E-state index contributed by atoms with van der Waals surface area (Å²) in [5.41, 5.74) is 4.40. The summed E-state index contributed by atoms with van der Waals surface area (Å²) in [4.78, 5) is 16.4. The van der Waals surface area contributed by atoms with Gasteiger partial charge in [0.2, 0.25) is 5.82 Å². The maximum atomic E-state index is 11.9. The number of carboxylic acids is 1. The maximum absolute atomic E-state index is 11.9. The average molecular weight is 406 g/mol. The van der Waals surface area contributed by atoms with Gasteiger partial charge >= 0.3 is 5.97 Å². The molecule has 9 nitrogen and oxygen atoms in total. The van der Waals surface area contributed by atoms with Gasteiger partial charge in [-0.15, -0.1) is 10.2 Å². The second-order valence-corrected chi connectivity index (χ2v) is 6.67. The zero-order chi connectivity index (χ0) is 20.4. The molecule has 0 aliphatic carbocycles. The third kappa shape index (κ3) is 3.70. The number of benzene rings is 2. The van der Waals surface area contributed by atoms with Crippen molar-refractivity contribution in [2.45, 2.75) is 26.7 Å². The van der Waals surface area contributed by atoms with E-state index in [0.29, 0.717) is 23.8 Å². The molecule has 2 aromatic carbocycles. The molecule has 0 radical (unpaired) electrons. The quantitative estimate of drug-likeness (QED) is 0.504. The number of aryl methyl sites for hydroxylation is 2. The number of rotatable bonds is 6. The van der Waals surface area contributed by atoms with Crippen molar-refractivity contribution in [1.82, 2.24) is 30.2 Å². The molecule has 4 rings (SSSR count). The lowest BCUT2D eigenvalue weighted by Gasteiger charge is -2.11. The number of imidazole rings is 1. The molecule has 4 aromatic rings. The fraction of sp³-hybridized carbons (Fsp3) is 0.190. The minimum Gasteiger partial charge on any atom is -0.477 e. The van der Waals surface area contributed by atoms with Crippen LogP contribution in [0.5, 0.6) is 0 Å². The van der Waals surface area contributed by atoms with Crippen LogP contribution in [-0.2, 0) is 6.42 Å². The van der Waals surface area contributed by atoms with Crippen LogP contribution < -0.4 is 0 Å². The number of tetrazole rings is 1. The fourth-order valence-electron chi connectivity index (χ4n) is 3.53. The first-order valence-corrected chi connectivity index (χ1v) is 9.35. The lowest BCUT2D eigenvalue weighted by atomic mass is 9.99. The Kier molecular flexibility index (Phi) is 6.03. The summed E-state index contributed by atoms with van der Waals surface area (Å²) in [6.07, 6.45) is 1.47. The van der Waals surface area contributed by atoms with Gasteiger partial charge in [0.05, 0.1) is 5.69 Å². The van der Waals surface area contributed by atoms with Crippen molar-refractivity contribution in [1.29, 1.82) is 0 Å². The molecule has 0 amide bonds. The van der Waals surface area contributed by atoms with Crippen LogP contribution in [0.15, 0.2) is 48.5 Å². The Labute approximate surface area is 172 Å². The zero-order valence-corrected chi connectivity index (χ0v) is 16.6. The number of aromatic nitrogens is 6. The summed E-state index contributed by atoms with van der Waals surface area (Å²) < 4.78 is 1.70. The van der Waals surface area contributed by atoms with E-state index < -0.39 is 5.97 Å². The first-order valence-electron chi connectivity index (χ1n) is 9.35. The van der Waals surface area contributed by atoms with Gasteiger partial charge in [0, 0.05) is 11.3 Å². The van der Waals surface area contributed by atoms with Gasteiger partial charge in [-0.25, -0.2) is 9.78 Å². The van der Waals surface area contributed by atoms with Crippen molar-refractivity contribution in [3.8, 4) is 28.2 Å². The number of hydrogen-bond acceptors (Lipinski definition) is 5. The molecule has 2 heterocycles. The van der Waals surface area contributed by atoms with Gasteiger partial charge < -0.3 is 10.6 Å². The fourth-order valence-corrected chi connectivity index (χ4v) is 3.53. The Bertz CT molecular complexity index is 1150. The number of hydrogen-bond donors (Lipinski definition) is 2. The van der Waals surface area contributed by atoms with Gasteiger partial charge in [0.1, 0.15) is 5.82 Å². The second kappa shape index (κ2) is 8.66. The molecule has 0 unspecified atom stereocenters. The minimum atomic E-state index is -0.972. The van der Waals surface area contributed by atoms with Crippen LogP contribution in [0.2, 0.25) is 0 Å². The Morgan fingerprint density at radius 1 is 1.10 bits per heavy atom. The van der Waals surface area contributed by atoms with E-state index in [9.17, 15) is 9.90 Å². The number of nitrogens with one attached hydrogen (secondary N) is 1. The van der Waals surface area contributed by atoms with Gasteiger partial charge in [-0.1, -0.05) is 49.7 Å². The van der Waals surface area contributed by atoms with E-state index >= 15 is 0 Å². The normalized spacial score (nSPS) is 10.6. The highest BCUT2D eigenvalue weighted by molar-refractivity contribution is 5.88. The molecule has 0 atom stereocenters. The molecule has 0 saturated carbocycles. The maximum Gasteiger partial charge on any atom is 0.354 e. The third-order valence-electron chi connectivity index (χ3n) is 4.76. The Balaban J connectivity index is 0.00000256. The minimum absolute atomic E-state index is 0. The monoisotopic (exact) mass is 406 g/mol. The Morgan fingerprint density at radius 2 is 1.80 bits per heavy atom. The summed E-state index contributed by atoms with van der Waals surface area (Å²) in [6, 6.07) is 15.5. The Hall–Kier alpha value is -3.85. The first kappa shape index (κ1) is 20.9. The second-order valence-electron chi connectivity index (χ2n) is 6.67. The predicted octanol–water partition coefficient (Wildman–Crippen LogP) is 2.85. The molecule has 0 spiro atoms. The van der Waals surface area contributed by atoms with Gasteiger partial charge in [-0.2, -0.15) is 5.21 Å². The molecule has 2 aromatic heterocycles. The van der Waals surface area contributed by atoms with Crippen LogP contribution in [0.3, 0.4) is 0 Å². The molecule has 0 aliphatic heterocycles. The molecule has 30 heavy (non-hydrogen) atoms. The summed E-state index contributed by atoms with van der Waals surface area (Å²) >= 11 is 0. The summed E-state index contributed by atoms with van der Waals surface area (Å²) in [6.45, 7) is 3.83. The standard InChI is InChI=1S/C21H20N6O2.H2O/c1-3-6-18-19(21(28)29)27(13(2)22-18)15-11-9-14(10-12-15)16-7-4-5-8-17(16)20-23-25-26-24-20;/h4-5,7-12H,3,6H2,1-2H3,(H,28,29)(H,23,24,25,26);1H2. The summed E-state index contributed by atoms with van der Waals surface area (Å²) in [5.74, 6) is 0.207. The highest BCUT2D eigenvalue weighted by Crippen LogP contribution is 2.30. The van der Waals surface area contributed by atoms with Crippen molar-refractivity contribution in [2.75, 3.05) is 0 Å². The van der Waals surface area contributed by atoms with Crippen molar-refractivity contribution in [2.24, 2.45) is 0 Å². The van der Waals surface area contributed by atoms with Crippen LogP contribution in [0.4, 0.5) is 0 Å². The number of aromatic amines is 1. The number of aromatic carboxylic acids is 1. The highest BCUT2D eigenvalue weighted by atomic mass is 16.4. The molecular weight excluding hydrogens is 384 g/mol. The predicted molar refractivity (Wildman–Crippen MR) is 111 cm³/mol. The highest BCUT2D eigenvalue weighted by Gasteiger charge is 2.21. The summed E-state index contributed by atoms with van der Waals surface area (Å²) in [7, 11) is 0. The van der Waals surface area contributed by atoms with Crippen LogP contribution in [0.25, 0.3) is 28.2 Å². The van der Waals surface area contributed by atoms with Gasteiger partial charge in [-0.3, -0.25) is 4.57 Å². The van der Waals surface area contributed by atoms with Crippen molar-refractivity contribution >= 4 is 5.97 Å². The first-order chi connectivity index (χ1) is 14.1. The third-order valence-corrected chi connectivity index (χ3v) is 4.76. The van der Waals surface area contributed by atoms with E-state index in [2.05, 4.69) is 25.6 Å². The van der Waals surface area contributed by atoms with Crippen LogP contribution >= 0.6 is 0 Å². The molecule has 0 saturated heterocycles. The molecule has 0 aliphatic rings. The molecule has 0 fully saturated rings. The zero-order valence-electron chi connectivity index (χ0n) is 16.6. The van der Waals surface area contributed by atoms with Gasteiger partial charge in [0.25, 0.3) is 0 Å². The van der Waals surface area contributed by atoms with Crippen LogP contribution in [-0.4, -0.2) is 46.7 Å². The van der Waals surface area contributed by atoms with Crippen LogP contribution in [0, 0.1) is 6.92 Å². The van der Waals surface area contributed by atoms with E-state index in [1.165, 1.54) is 0 Å². The number of carboxylic acid groups (broad SMARTS) is 1. The number of H-pyrrole nitrogens is 1. The largest absolute Gasteiger partial charge is 0.477 e. The van der Waals surface area contributed by atoms with E-state index in [1.54, 1.807) is 4.57 Å². The number of nitrogens with zero attached hydrogens (tertiary/aromatic N) is 5. The SMILES string of the molecule is CCCc1nc(C)n(-c2ccc(-c3ccccc3-c3nn[nH]n3)cc2)c1C(=O)O.O. The van der Waals surface area contributed by atoms with E-state index in [1.807, 2.05) is 62.4 Å². The lowest BCUT2D eigenvalue weighted by molar-refractivity contribution is 0.0686. The molecular formula is C21H22N6O3. The van der Waals surface area contributed by atoms with Crippen molar-refractivity contribution < 1.29 is 15.4 Å². The van der Waals surface area contributed by atoms with E-state index in [-0.39, 0.29) is 11.2 Å². The molecule has 4 N–H and O–H groups in total. The van der Waals surface area contributed by atoms with E-state index in [4.69, 9.17) is 0 Å². The number of carbonyl (C=O) groups is 1. The van der Waals surface area contributed by atoms with Crippen molar-refractivity contribution in [3.63, 3.8) is 0 Å². The van der Waals surface area contributed by atoms with E-state index in [0.717, 1.165) is 28.8 Å². The molecule has 0 bridgehead atoms. The summed E-state index contributed by atoms with van der Waals surface area (Å²) in [5, 5.41) is 24.0. The smallest absolute Gasteiger partial charge is 0.354 e. The molecule has 9 heteroatoms. The van der Waals surface area contributed by atoms with Crippen LogP contribution in [0.1, 0.15) is 35.4 Å².